The van der Waals surface area contributed by atoms with Crippen molar-refractivity contribution >= 4 is 12.0 Å². The Kier molecular flexibility index (Phi) is 6.64. The first kappa shape index (κ1) is 13.2. The summed E-state index contributed by atoms with van der Waals surface area (Å²) in [6.07, 6.45) is 2.98. The van der Waals surface area contributed by atoms with Gasteiger partial charge in [-0.3, -0.25) is 0 Å². The number of hydrogen-bond acceptors (Lipinski definition) is 2. The molecule has 0 atom stereocenters. The molecule has 1 rings (SSSR count). The molecule has 1 aromatic carbocycles. The van der Waals surface area contributed by atoms with Crippen LogP contribution in [0.15, 0.2) is 43.5 Å². The van der Waals surface area contributed by atoms with E-state index in [4.69, 9.17) is 0 Å². The zero-order chi connectivity index (χ0) is 11.7. The summed E-state index contributed by atoms with van der Waals surface area (Å²) in [4.78, 5) is 9.84. The van der Waals surface area contributed by atoms with Crippen LogP contribution in [-0.2, 0) is 9.53 Å². The van der Waals surface area contributed by atoms with Crippen molar-refractivity contribution < 1.29 is 9.53 Å². The lowest BCUT2D eigenvalue weighted by Gasteiger charge is -1.95. The second kappa shape index (κ2) is 7.56. The van der Waals surface area contributed by atoms with Crippen LogP contribution in [0.25, 0.3) is 6.08 Å². The van der Waals surface area contributed by atoms with Crippen molar-refractivity contribution in [2.75, 3.05) is 7.11 Å². The van der Waals surface area contributed by atoms with Crippen molar-refractivity contribution in [1.29, 1.82) is 0 Å². The highest BCUT2D eigenvalue weighted by molar-refractivity contribution is 5.80. The summed E-state index contributed by atoms with van der Waals surface area (Å²) >= 11 is 0. The quantitative estimate of drug-likeness (QED) is 0.547. The first-order valence-electron chi connectivity index (χ1n) is 4.54. The van der Waals surface area contributed by atoms with E-state index in [1.54, 1.807) is 0 Å². The van der Waals surface area contributed by atoms with Gasteiger partial charge in [-0.2, -0.15) is 0 Å². The van der Waals surface area contributed by atoms with Crippen LogP contribution in [0.2, 0.25) is 0 Å². The molecule has 0 saturated heterocycles. The van der Waals surface area contributed by atoms with Crippen LogP contribution in [-0.4, -0.2) is 13.1 Å². The first-order valence-corrected chi connectivity index (χ1v) is 4.54. The molecule has 1 aromatic rings. The van der Waals surface area contributed by atoms with Gasteiger partial charge < -0.3 is 4.74 Å². The van der Waals surface area contributed by atoms with Crippen LogP contribution >= 0.6 is 0 Å². The Morgan fingerprint density at radius 3 is 2.20 bits per heavy atom. The van der Waals surface area contributed by atoms with E-state index in [2.05, 4.69) is 37.0 Å². The molecule has 2 nitrogen and oxygen atoms in total. The SMILES string of the molecule is C=CC(=O)OC.C=Cc1ccccc1C. The number of carbonyl (C=O) groups excluding carboxylic acids is 1. The van der Waals surface area contributed by atoms with Crippen LogP contribution in [0, 0.1) is 6.92 Å². The molecule has 0 unspecified atom stereocenters. The average molecular weight is 204 g/mol. The first-order chi connectivity index (χ1) is 7.15. The summed E-state index contributed by atoms with van der Waals surface area (Å²) in [5.41, 5.74) is 2.50. The summed E-state index contributed by atoms with van der Waals surface area (Å²) in [6.45, 7) is 8.93. The Labute approximate surface area is 90.9 Å². The maximum atomic E-state index is 9.84. The molecule has 0 aliphatic carbocycles. The molecule has 0 aliphatic rings. The van der Waals surface area contributed by atoms with Gasteiger partial charge in [-0.1, -0.05) is 43.5 Å². The molecule has 0 amide bonds. The van der Waals surface area contributed by atoms with Gasteiger partial charge in [0.05, 0.1) is 7.11 Å². The van der Waals surface area contributed by atoms with E-state index in [-0.39, 0.29) is 0 Å². The Morgan fingerprint density at radius 1 is 1.33 bits per heavy atom. The van der Waals surface area contributed by atoms with Gasteiger partial charge in [0.1, 0.15) is 0 Å². The highest BCUT2D eigenvalue weighted by atomic mass is 16.5. The predicted molar refractivity (Wildman–Crippen MR) is 63.5 cm³/mol. The van der Waals surface area contributed by atoms with E-state index >= 15 is 0 Å². The summed E-state index contributed by atoms with van der Waals surface area (Å²) in [5, 5.41) is 0. The van der Waals surface area contributed by atoms with Crippen LogP contribution in [0.5, 0.6) is 0 Å². The maximum absolute atomic E-state index is 9.84. The van der Waals surface area contributed by atoms with Crippen molar-refractivity contribution in [3.63, 3.8) is 0 Å². The average Bonchev–Trinajstić information content (AvgIpc) is 2.29. The van der Waals surface area contributed by atoms with Crippen molar-refractivity contribution in [1.82, 2.24) is 0 Å². The van der Waals surface area contributed by atoms with Crippen LogP contribution < -0.4 is 0 Å². The van der Waals surface area contributed by atoms with Crippen molar-refractivity contribution in [3.05, 3.63) is 54.6 Å². The maximum Gasteiger partial charge on any atom is 0.329 e. The van der Waals surface area contributed by atoms with E-state index in [1.165, 1.54) is 18.2 Å². The Hall–Kier alpha value is -1.83. The Bertz CT molecular complexity index is 340. The number of rotatable bonds is 2. The van der Waals surface area contributed by atoms with Crippen LogP contribution in [0.3, 0.4) is 0 Å². The van der Waals surface area contributed by atoms with E-state index in [0.717, 1.165) is 6.08 Å². The topological polar surface area (TPSA) is 26.3 Å². The summed E-state index contributed by atoms with van der Waals surface area (Å²) < 4.78 is 4.14. The molecule has 0 radical (unpaired) electrons. The molecular formula is C13H16O2. The van der Waals surface area contributed by atoms with Crippen LogP contribution in [0.4, 0.5) is 0 Å². The number of esters is 1. The summed E-state index contributed by atoms with van der Waals surface area (Å²) in [6, 6.07) is 8.19. The number of methoxy groups -OCH3 is 1. The minimum Gasteiger partial charge on any atom is -0.466 e. The molecule has 0 spiro atoms. The molecule has 15 heavy (non-hydrogen) atoms. The lowest BCUT2D eigenvalue weighted by molar-refractivity contribution is -0.134. The summed E-state index contributed by atoms with van der Waals surface area (Å²) in [5.74, 6) is -0.394. The van der Waals surface area contributed by atoms with Gasteiger partial charge in [0.15, 0.2) is 0 Å². The Balaban J connectivity index is 0.000000288. The van der Waals surface area contributed by atoms with Crippen molar-refractivity contribution in [2.24, 2.45) is 0 Å². The number of aryl methyl sites for hydroxylation is 1. The molecule has 0 bridgehead atoms. The number of hydrogen-bond donors (Lipinski definition) is 0. The minimum atomic E-state index is -0.394. The van der Waals surface area contributed by atoms with Crippen LogP contribution in [0.1, 0.15) is 11.1 Å². The van der Waals surface area contributed by atoms with Crippen molar-refractivity contribution in [3.8, 4) is 0 Å². The zero-order valence-corrected chi connectivity index (χ0v) is 9.19. The third-order valence-corrected chi connectivity index (χ3v) is 1.78. The number of carbonyl (C=O) groups is 1. The highest BCUT2D eigenvalue weighted by Crippen LogP contribution is 2.06. The van der Waals surface area contributed by atoms with E-state index < -0.39 is 5.97 Å². The van der Waals surface area contributed by atoms with Gasteiger partial charge in [0.25, 0.3) is 0 Å². The zero-order valence-electron chi connectivity index (χ0n) is 9.19. The molecule has 0 aliphatic heterocycles. The van der Waals surface area contributed by atoms with Gasteiger partial charge in [-0.25, -0.2) is 4.79 Å². The van der Waals surface area contributed by atoms with E-state index in [1.807, 2.05) is 18.2 Å². The normalized spacial score (nSPS) is 8.13. The van der Waals surface area contributed by atoms with Gasteiger partial charge in [0, 0.05) is 6.08 Å². The second-order valence-corrected chi connectivity index (χ2v) is 2.79. The highest BCUT2D eigenvalue weighted by Gasteiger charge is 1.86. The molecule has 2 heteroatoms. The molecule has 0 aromatic heterocycles. The predicted octanol–water partition coefficient (Wildman–Crippen LogP) is 2.98. The third kappa shape index (κ3) is 5.47. The lowest BCUT2D eigenvalue weighted by Crippen LogP contribution is -1.91. The Morgan fingerprint density at radius 2 is 1.93 bits per heavy atom. The smallest absolute Gasteiger partial charge is 0.329 e. The fourth-order valence-electron chi connectivity index (χ4n) is 0.899. The number of ether oxygens (including phenoxy) is 1. The molecule has 0 heterocycles. The third-order valence-electron chi connectivity index (χ3n) is 1.78. The van der Waals surface area contributed by atoms with Gasteiger partial charge in [-0.05, 0) is 18.1 Å². The molecule has 0 saturated carbocycles. The standard InChI is InChI=1S/C9H10.C4H6O2/c1-3-9-7-5-4-6-8(9)2;1-3-4(5)6-2/h3-7H,1H2,2H3;3H,1H2,2H3. The molecular weight excluding hydrogens is 188 g/mol. The molecule has 0 fully saturated rings. The largest absolute Gasteiger partial charge is 0.466 e. The van der Waals surface area contributed by atoms with E-state index in [0.29, 0.717) is 0 Å². The second-order valence-electron chi connectivity index (χ2n) is 2.79. The van der Waals surface area contributed by atoms with E-state index in [9.17, 15) is 4.79 Å². The summed E-state index contributed by atoms with van der Waals surface area (Å²) in [7, 11) is 1.31. The van der Waals surface area contributed by atoms with Gasteiger partial charge >= 0.3 is 5.97 Å². The lowest BCUT2D eigenvalue weighted by atomic mass is 10.1. The minimum absolute atomic E-state index is 0.394. The number of benzene rings is 1. The van der Waals surface area contributed by atoms with Gasteiger partial charge in [-0.15, -0.1) is 0 Å². The fourth-order valence-corrected chi connectivity index (χ4v) is 0.899. The van der Waals surface area contributed by atoms with Crippen molar-refractivity contribution in [2.45, 2.75) is 6.92 Å². The molecule has 0 N–H and O–H groups in total. The van der Waals surface area contributed by atoms with Gasteiger partial charge in [0.2, 0.25) is 0 Å². The fraction of sp³-hybridized carbons (Fsp3) is 0.154. The molecule has 80 valence electrons. The monoisotopic (exact) mass is 204 g/mol.